The van der Waals surface area contributed by atoms with Gasteiger partial charge in [0.25, 0.3) is 5.91 Å². The molecule has 0 bridgehead atoms. The number of aryl methyl sites for hydroxylation is 1. The Balaban J connectivity index is 1.59. The Kier molecular flexibility index (Phi) is 6.21. The molecule has 1 amide bonds. The number of carbonyl (C=O) groups is 1. The fraction of sp³-hybridized carbons (Fsp3) is 0.421. The predicted molar refractivity (Wildman–Crippen MR) is 100 cm³/mol. The molecule has 0 aliphatic carbocycles. The molecule has 156 valence electrons. The molecule has 1 aromatic carbocycles. The number of alkyl halides is 3. The lowest BCUT2D eigenvalue weighted by Crippen LogP contribution is -2.46. The topological polar surface area (TPSA) is 84.6 Å². The zero-order valence-electron chi connectivity index (χ0n) is 15.9. The summed E-state index contributed by atoms with van der Waals surface area (Å²) >= 11 is 0. The molecule has 2 aromatic rings. The zero-order chi connectivity index (χ0) is 21.0. The number of anilines is 1. The first-order valence-corrected chi connectivity index (χ1v) is 9.11. The SMILES string of the molecule is Cc1cc(C(F)(F)F)nc(N2CCN(Cc3cccc(OCC(N)=O)c3)CC2)n1. The Morgan fingerprint density at radius 1 is 1.17 bits per heavy atom. The largest absolute Gasteiger partial charge is 0.484 e. The van der Waals surface area contributed by atoms with Crippen molar-refractivity contribution < 1.29 is 22.7 Å². The van der Waals surface area contributed by atoms with Crippen LogP contribution >= 0.6 is 0 Å². The van der Waals surface area contributed by atoms with Crippen LogP contribution in [-0.2, 0) is 17.5 Å². The van der Waals surface area contributed by atoms with E-state index in [2.05, 4.69) is 14.9 Å². The predicted octanol–water partition coefficient (Wildman–Crippen LogP) is 1.99. The van der Waals surface area contributed by atoms with Crippen molar-refractivity contribution in [2.45, 2.75) is 19.6 Å². The highest BCUT2D eigenvalue weighted by Gasteiger charge is 2.34. The Bertz CT molecular complexity index is 867. The van der Waals surface area contributed by atoms with E-state index >= 15 is 0 Å². The second kappa shape index (κ2) is 8.64. The Hall–Kier alpha value is -2.88. The first-order chi connectivity index (χ1) is 13.7. The summed E-state index contributed by atoms with van der Waals surface area (Å²) in [5, 5.41) is 0. The molecule has 1 aliphatic rings. The lowest BCUT2D eigenvalue weighted by molar-refractivity contribution is -0.141. The van der Waals surface area contributed by atoms with Gasteiger partial charge in [0, 0.05) is 38.4 Å². The van der Waals surface area contributed by atoms with Gasteiger partial charge in [-0.05, 0) is 30.7 Å². The Morgan fingerprint density at radius 2 is 1.90 bits per heavy atom. The average molecular weight is 409 g/mol. The minimum Gasteiger partial charge on any atom is -0.484 e. The van der Waals surface area contributed by atoms with Gasteiger partial charge < -0.3 is 15.4 Å². The van der Waals surface area contributed by atoms with Crippen LogP contribution in [0.1, 0.15) is 17.0 Å². The van der Waals surface area contributed by atoms with Crippen LogP contribution in [0, 0.1) is 6.92 Å². The molecule has 0 saturated carbocycles. The molecule has 0 spiro atoms. The first-order valence-electron chi connectivity index (χ1n) is 9.11. The second-order valence-electron chi connectivity index (χ2n) is 6.86. The number of carbonyl (C=O) groups excluding carboxylic acids is 1. The lowest BCUT2D eigenvalue weighted by Gasteiger charge is -2.35. The number of rotatable bonds is 6. The zero-order valence-corrected chi connectivity index (χ0v) is 15.9. The number of nitrogens with zero attached hydrogens (tertiary/aromatic N) is 4. The minimum absolute atomic E-state index is 0.110. The van der Waals surface area contributed by atoms with E-state index in [1.165, 1.54) is 6.92 Å². The fourth-order valence-corrected chi connectivity index (χ4v) is 3.09. The Labute approximate surface area is 166 Å². The number of amides is 1. The fourth-order valence-electron chi connectivity index (χ4n) is 3.09. The summed E-state index contributed by atoms with van der Waals surface area (Å²) in [4.78, 5) is 22.7. The van der Waals surface area contributed by atoms with Crippen LogP contribution in [0.15, 0.2) is 30.3 Å². The van der Waals surface area contributed by atoms with E-state index in [-0.39, 0.29) is 18.2 Å². The molecule has 1 fully saturated rings. The van der Waals surface area contributed by atoms with Crippen LogP contribution in [0.3, 0.4) is 0 Å². The number of aromatic nitrogens is 2. The van der Waals surface area contributed by atoms with Crippen LogP contribution in [0.5, 0.6) is 5.75 Å². The van der Waals surface area contributed by atoms with Gasteiger partial charge in [0.1, 0.15) is 11.4 Å². The van der Waals surface area contributed by atoms with Gasteiger partial charge in [0.15, 0.2) is 6.61 Å². The van der Waals surface area contributed by atoms with Gasteiger partial charge in [-0.2, -0.15) is 13.2 Å². The van der Waals surface area contributed by atoms with E-state index in [9.17, 15) is 18.0 Å². The van der Waals surface area contributed by atoms with Gasteiger partial charge in [0.05, 0.1) is 0 Å². The molecule has 2 heterocycles. The number of primary amides is 1. The van der Waals surface area contributed by atoms with Crippen molar-refractivity contribution in [2.75, 3.05) is 37.7 Å². The molecule has 1 saturated heterocycles. The van der Waals surface area contributed by atoms with Crippen molar-refractivity contribution >= 4 is 11.9 Å². The van der Waals surface area contributed by atoms with Gasteiger partial charge in [0.2, 0.25) is 5.95 Å². The molecular weight excluding hydrogens is 387 g/mol. The number of hydrogen-bond donors (Lipinski definition) is 1. The van der Waals surface area contributed by atoms with E-state index in [4.69, 9.17) is 10.5 Å². The molecule has 10 heteroatoms. The summed E-state index contributed by atoms with van der Waals surface area (Å²) in [6.45, 7) is 4.37. The summed E-state index contributed by atoms with van der Waals surface area (Å²) in [6.07, 6.45) is -4.49. The number of hydrogen-bond acceptors (Lipinski definition) is 6. The maximum Gasteiger partial charge on any atom is 0.433 e. The van der Waals surface area contributed by atoms with Crippen molar-refractivity contribution in [3.05, 3.63) is 47.3 Å². The third-order valence-corrected chi connectivity index (χ3v) is 4.47. The molecule has 29 heavy (non-hydrogen) atoms. The number of piperazine rings is 1. The number of ether oxygens (including phenoxy) is 1. The van der Waals surface area contributed by atoms with E-state index in [1.54, 1.807) is 11.0 Å². The summed E-state index contributed by atoms with van der Waals surface area (Å²) < 4.78 is 44.3. The van der Waals surface area contributed by atoms with Gasteiger partial charge >= 0.3 is 6.18 Å². The van der Waals surface area contributed by atoms with Crippen LogP contribution in [0.2, 0.25) is 0 Å². The highest BCUT2D eigenvalue weighted by molar-refractivity contribution is 5.75. The van der Waals surface area contributed by atoms with Crippen molar-refractivity contribution in [1.82, 2.24) is 14.9 Å². The van der Waals surface area contributed by atoms with Gasteiger partial charge in [-0.1, -0.05) is 12.1 Å². The van der Waals surface area contributed by atoms with Crippen LogP contribution in [0.25, 0.3) is 0 Å². The maximum atomic E-state index is 13.0. The van der Waals surface area contributed by atoms with Crippen molar-refractivity contribution in [2.24, 2.45) is 5.73 Å². The van der Waals surface area contributed by atoms with Crippen molar-refractivity contribution in [1.29, 1.82) is 0 Å². The van der Waals surface area contributed by atoms with Crippen LogP contribution in [0.4, 0.5) is 19.1 Å². The van der Waals surface area contributed by atoms with E-state index in [0.717, 1.165) is 11.6 Å². The lowest BCUT2D eigenvalue weighted by atomic mass is 10.2. The molecule has 0 radical (unpaired) electrons. The Morgan fingerprint density at radius 3 is 2.55 bits per heavy atom. The molecule has 1 aromatic heterocycles. The van der Waals surface area contributed by atoms with Crippen LogP contribution < -0.4 is 15.4 Å². The van der Waals surface area contributed by atoms with Crippen LogP contribution in [-0.4, -0.2) is 53.6 Å². The highest BCUT2D eigenvalue weighted by atomic mass is 19.4. The molecule has 0 atom stereocenters. The number of halogens is 3. The smallest absolute Gasteiger partial charge is 0.433 e. The van der Waals surface area contributed by atoms with Gasteiger partial charge in [-0.3, -0.25) is 9.69 Å². The molecule has 1 aliphatic heterocycles. The maximum absolute atomic E-state index is 13.0. The highest BCUT2D eigenvalue weighted by Crippen LogP contribution is 2.29. The molecular formula is C19H22F3N5O2. The summed E-state index contributed by atoms with van der Waals surface area (Å²) in [6, 6.07) is 8.32. The molecule has 3 rings (SSSR count). The monoisotopic (exact) mass is 409 g/mol. The van der Waals surface area contributed by atoms with E-state index in [0.29, 0.717) is 38.5 Å². The van der Waals surface area contributed by atoms with Crippen molar-refractivity contribution in [3.8, 4) is 5.75 Å². The van der Waals surface area contributed by atoms with Gasteiger partial charge in [-0.25, -0.2) is 9.97 Å². The van der Waals surface area contributed by atoms with Gasteiger partial charge in [-0.15, -0.1) is 0 Å². The molecule has 2 N–H and O–H groups in total. The summed E-state index contributed by atoms with van der Waals surface area (Å²) in [7, 11) is 0. The quantitative estimate of drug-likeness (QED) is 0.786. The van der Waals surface area contributed by atoms with E-state index < -0.39 is 17.8 Å². The minimum atomic E-state index is -4.49. The average Bonchev–Trinajstić information content (AvgIpc) is 2.66. The number of benzene rings is 1. The van der Waals surface area contributed by atoms with Crippen molar-refractivity contribution in [3.63, 3.8) is 0 Å². The third kappa shape index (κ3) is 5.80. The second-order valence-corrected chi connectivity index (χ2v) is 6.86. The molecule has 0 unspecified atom stereocenters. The van der Waals surface area contributed by atoms with E-state index in [1.807, 2.05) is 18.2 Å². The number of nitrogens with two attached hydrogens (primary N) is 1. The normalized spacial score (nSPS) is 15.4. The molecule has 7 nitrogen and oxygen atoms in total. The standard InChI is InChI=1S/C19H22F3N5O2/c1-13-9-16(19(20,21)22)25-18(24-13)27-7-5-26(6-8-27)11-14-3-2-4-15(10-14)29-12-17(23)28/h2-4,9-10H,5-8,11-12H2,1H3,(H2,23,28). The third-order valence-electron chi connectivity index (χ3n) is 4.47. The first kappa shape index (κ1) is 20.8. The summed E-state index contributed by atoms with van der Waals surface area (Å²) in [5.41, 5.74) is 5.46. The summed E-state index contributed by atoms with van der Waals surface area (Å²) in [5.74, 6) is 0.130.